The van der Waals surface area contributed by atoms with Crippen LogP contribution < -0.4 is 10.2 Å². The molecule has 1 saturated heterocycles. The van der Waals surface area contributed by atoms with Crippen molar-refractivity contribution in [1.82, 2.24) is 0 Å². The van der Waals surface area contributed by atoms with Gasteiger partial charge in [-0.1, -0.05) is 0 Å². The van der Waals surface area contributed by atoms with Gasteiger partial charge in [0, 0.05) is 25.2 Å². The zero-order valence-electron chi connectivity index (χ0n) is 8.97. The number of nitrogens with zero attached hydrogens (tertiary/aromatic N) is 1. The Morgan fingerprint density at radius 1 is 1.38 bits per heavy atom. The molecule has 0 aliphatic carbocycles. The predicted molar refractivity (Wildman–Crippen MR) is 67.6 cm³/mol. The summed E-state index contributed by atoms with van der Waals surface area (Å²) in [5, 5.41) is 3.38. The van der Waals surface area contributed by atoms with E-state index in [9.17, 15) is 4.39 Å². The summed E-state index contributed by atoms with van der Waals surface area (Å²) < 4.78 is 14.1. The standard InChI is InChI=1S/C12H14BrFN2/c13-9-6-11-12(7-10(9)14)16-5-1-2-8(16)3-4-15-11/h6-8,15H,1-5H2. The molecular formula is C12H14BrFN2. The average molecular weight is 285 g/mol. The van der Waals surface area contributed by atoms with Crippen LogP contribution in [0, 0.1) is 5.82 Å². The van der Waals surface area contributed by atoms with E-state index in [-0.39, 0.29) is 5.82 Å². The zero-order valence-corrected chi connectivity index (χ0v) is 10.6. The highest BCUT2D eigenvalue weighted by atomic mass is 79.9. The van der Waals surface area contributed by atoms with Crippen LogP contribution >= 0.6 is 15.9 Å². The molecule has 0 bridgehead atoms. The molecule has 2 aliphatic rings. The summed E-state index contributed by atoms with van der Waals surface area (Å²) in [4.78, 5) is 2.35. The van der Waals surface area contributed by atoms with E-state index in [0.29, 0.717) is 10.5 Å². The highest BCUT2D eigenvalue weighted by Crippen LogP contribution is 2.38. The molecule has 4 heteroatoms. The number of hydrogen-bond donors (Lipinski definition) is 1. The second kappa shape index (κ2) is 3.91. The van der Waals surface area contributed by atoms with Gasteiger partial charge in [-0.15, -0.1) is 0 Å². The third-order valence-electron chi connectivity index (χ3n) is 3.52. The fraction of sp³-hybridized carbons (Fsp3) is 0.500. The molecule has 0 radical (unpaired) electrons. The minimum absolute atomic E-state index is 0.173. The summed E-state index contributed by atoms with van der Waals surface area (Å²) in [6, 6.07) is 4.09. The van der Waals surface area contributed by atoms with Gasteiger partial charge in [-0.3, -0.25) is 0 Å². The summed E-state index contributed by atoms with van der Waals surface area (Å²) in [6.45, 7) is 2.03. The Kier molecular flexibility index (Phi) is 2.54. The third-order valence-corrected chi connectivity index (χ3v) is 4.13. The highest BCUT2D eigenvalue weighted by molar-refractivity contribution is 9.10. The first-order valence-corrected chi connectivity index (χ1v) is 6.54. The molecule has 0 aromatic heterocycles. The number of anilines is 2. The molecule has 1 atom stereocenters. The lowest BCUT2D eigenvalue weighted by atomic mass is 10.1. The first kappa shape index (κ1) is 10.4. The van der Waals surface area contributed by atoms with E-state index >= 15 is 0 Å². The molecule has 1 fully saturated rings. The van der Waals surface area contributed by atoms with Crippen molar-refractivity contribution < 1.29 is 4.39 Å². The number of halogens is 2. The summed E-state index contributed by atoms with van der Waals surface area (Å²) in [6.07, 6.45) is 3.61. The molecule has 16 heavy (non-hydrogen) atoms. The van der Waals surface area contributed by atoms with Gasteiger partial charge in [-0.25, -0.2) is 4.39 Å². The van der Waals surface area contributed by atoms with Gasteiger partial charge in [0.05, 0.1) is 15.8 Å². The van der Waals surface area contributed by atoms with Gasteiger partial charge in [0.15, 0.2) is 0 Å². The first-order valence-electron chi connectivity index (χ1n) is 5.75. The van der Waals surface area contributed by atoms with Crippen molar-refractivity contribution in [2.75, 3.05) is 23.3 Å². The lowest BCUT2D eigenvalue weighted by Gasteiger charge is -2.25. The van der Waals surface area contributed by atoms with Crippen LogP contribution in [0.1, 0.15) is 19.3 Å². The summed E-state index contributed by atoms with van der Waals surface area (Å²) in [5.41, 5.74) is 2.08. The molecule has 3 rings (SSSR count). The third kappa shape index (κ3) is 1.59. The van der Waals surface area contributed by atoms with Crippen LogP contribution in [-0.4, -0.2) is 19.1 Å². The summed E-state index contributed by atoms with van der Waals surface area (Å²) in [7, 11) is 0. The molecule has 86 valence electrons. The molecule has 1 unspecified atom stereocenters. The lowest BCUT2D eigenvalue weighted by Crippen LogP contribution is -2.28. The normalized spacial score (nSPS) is 23.4. The average Bonchev–Trinajstić information content (AvgIpc) is 2.65. The number of fused-ring (bicyclic) bond motifs is 3. The molecular weight excluding hydrogens is 271 g/mol. The number of rotatable bonds is 0. The van der Waals surface area contributed by atoms with Crippen LogP contribution in [0.4, 0.5) is 15.8 Å². The monoisotopic (exact) mass is 284 g/mol. The Morgan fingerprint density at radius 3 is 3.12 bits per heavy atom. The number of benzene rings is 1. The molecule has 2 aliphatic heterocycles. The lowest BCUT2D eigenvalue weighted by molar-refractivity contribution is 0.616. The van der Waals surface area contributed by atoms with Crippen LogP contribution in [-0.2, 0) is 0 Å². The second-order valence-electron chi connectivity index (χ2n) is 4.49. The number of nitrogens with one attached hydrogen (secondary N) is 1. The van der Waals surface area contributed by atoms with Gasteiger partial charge in [-0.2, -0.15) is 0 Å². The molecule has 2 heterocycles. The fourth-order valence-electron chi connectivity index (χ4n) is 2.74. The van der Waals surface area contributed by atoms with E-state index in [1.54, 1.807) is 6.07 Å². The van der Waals surface area contributed by atoms with Crippen LogP contribution in [0.3, 0.4) is 0 Å². The summed E-state index contributed by atoms with van der Waals surface area (Å²) >= 11 is 3.24. The minimum atomic E-state index is -0.173. The van der Waals surface area contributed by atoms with Crippen molar-refractivity contribution >= 4 is 27.3 Å². The number of hydrogen-bond acceptors (Lipinski definition) is 2. The van der Waals surface area contributed by atoms with Crippen LogP contribution in [0.2, 0.25) is 0 Å². The van der Waals surface area contributed by atoms with Gasteiger partial charge in [-0.05, 0) is 41.3 Å². The van der Waals surface area contributed by atoms with E-state index in [1.165, 1.54) is 12.8 Å². The maximum absolute atomic E-state index is 13.6. The van der Waals surface area contributed by atoms with Gasteiger partial charge >= 0.3 is 0 Å². The Bertz CT molecular complexity index is 422. The van der Waals surface area contributed by atoms with Crippen LogP contribution in [0.15, 0.2) is 16.6 Å². The quantitative estimate of drug-likeness (QED) is 0.786. The van der Waals surface area contributed by atoms with Gasteiger partial charge in [0.25, 0.3) is 0 Å². The van der Waals surface area contributed by atoms with Crippen molar-refractivity contribution in [1.29, 1.82) is 0 Å². The molecule has 1 aromatic carbocycles. The van der Waals surface area contributed by atoms with E-state index < -0.39 is 0 Å². The Morgan fingerprint density at radius 2 is 2.25 bits per heavy atom. The second-order valence-corrected chi connectivity index (χ2v) is 5.34. The summed E-state index contributed by atoms with van der Waals surface area (Å²) in [5.74, 6) is -0.173. The Labute approximate surface area is 103 Å². The van der Waals surface area contributed by atoms with Crippen LogP contribution in [0.5, 0.6) is 0 Å². The van der Waals surface area contributed by atoms with E-state index in [2.05, 4.69) is 26.1 Å². The predicted octanol–water partition coefficient (Wildman–Crippen LogP) is 3.37. The smallest absolute Gasteiger partial charge is 0.139 e. The molecule has 0 saturated carbocycles. The Hall–Kier alpha value is -0.770. The van der Waals surface area contributed by atoms with E-state index in [0.717, 1.165) is 30.9 Å². The van der Waals surface area contributed by atoms with Crippen molar-refractivity contribution in [3.63, 3.8) is 0 Å². The van der Waals surface area contributed by atoms with Crippen molar-refractivity contribution in [2.24, 2.45) is 0 Å². The molecule has 0 spiro atoms. The SMILES string of the molecule is Fc1cc2c(cc1Br)NCCC1CCCN21. The minimum Gasteiger partial charge on any atom is -0.383 e. The largest absolute Gasteiger partial charge is 0.383 e. The highest BCUT2D eigenvalue weighted by Gasteiger charge is 2.29. The van der Waals surface area contributed by atoms with Gasteiger partial charge < -0.3 is 10.2 Å². The fourth-order valence-corrected chi connectivity index (χ4v) is 3.09. The maximum atomic E-state index is 13.6. The molecule has 0 amide bonds. The van der Waals surface area contributed by atoms with Crippen molar-refractivity contribution in [3.8, 4) is 0 Å². The van der Waals surface area contributed by atoms with Crippen LogP contribution in [0.25, 0.3) is 0 Å². The molecule has 1 N–H and O–H groups in total. The van der Waals surface area contributed by atoms with E-state index in [1.807, 2.05) is 6.07 Å². The van der Waals surface area contributed by atoms with Crippen molar-refractivity contribution in [3.05, 3.63) is 22.4 Å². The van der Waals surface area contributed by atoms with Crippen molar-refractivity contribution in [2.45, 2.75) is 25.3 Å². The first-order chi connectivity index (χ1) is 7.75. The molecule has 1 aromatic rings. The topological polar surface area (TPSA) is 15.3 Å². The van der Waals surface area contributed by atoms with Gasteiger partial charge in [0.2, 0.25) is 0 Å². The van der Waals surface area contributed by atoms with E-state index in [4.69, 9.17) is 0 Å². The Balaban J connectivity index is 2.09. The molecule has 2 nitrogen and oxygen atoms in total. The van der Waals surface area contributed by atoms with Gasteiger partial charge in [0.1, 0.15) is 5.82 Å². The maximum Gasteiger partial charge on any atom is 0.139 e. The zero-order chi connectivity index (χ0) is 11.1.